The molecule has 0 aliphatic rings. The summed E-state index contributed by atoms with van der Waals surface area (Å²) >= 11 is 0. The first-order chi connectivity index (χ1) is 8.99. The molecule has 0 bridgehead atoms. The van der Waals surface area contributed by atoms with E-state index in [2.05, 4.69) is 0 Å². The van der Waals surface area contributed by atoms with E-state index in [1.165, 1.54) is 6.08 Å². The van der Waals surface area contributed by atoms with Gasteiger partial charge in [0.05, 0.1) is 0 Å². The highest BCUT2D eigenvalue weighted by Gasteiger charge is 2.04. The van der Waals surface area contributed by atoms with Crippen LogP contribution in [0.3, 0.4) is 0 Å². The molecule has 1 heterocycles. The second kappa shape index (κ2) is 6.80. The SMILES string of the molecule is O=C(O)C=CC=CC(=O)OCc1cc(=O)c(O)co1. The van der Waals surface area contributed by atoms with E-state index in [0.29, 0.717) is 0 Å². The lowest BCUT2D eigenvalue weighted by molar-refractivity contribution is -0.139. The summed E-state index contributed by atoms with van der Waals surface area (Å²) in [5.41, 5.74) is -0.641. The van der Waals surface area contributed by atoms with Crippen molar-refractivity contribution in [1.29, 1.82) is 0 Å². The predicted octanol–water partition coefficient (Wildman–Crippen LogP) is 0.586. The van der Waals surface area contributed by atoms with Gasteiger partial charge in [0.2, 0.25) is 5.43 Å². The Hall–Kier alpha value is -2.83. The van der Waals surface area contributed by atoms with Crippen LogP contribution in [0.1, 0.15) is 5.76 Å². The van der Waals surface area contributed by atoms with Crippen molar-refractivity contribution in [3.05, 3.63) is 52.6 Å². The molecule has 0 saturated heterocycles. The Balaban J connectivity index is 2.48. The van der Waals surface area contributed by atoms with Crippen LogP contribution in [-0.2, 0) is 20.9 Å². The van der Waals surface area contributed by atoms with Gasteiger partial charge in [0, 0.05) is 18.2 Å². The van der Waals surface area contributed by atoms with Crippen molar-refractivity contribution in [3.8, 4) is 5.75 Å². The minimum Gasteiger partial charge on any atom is -0.502 e. The van der Waals surface area contributed by atoms with Gasteiger partial charge in [-0.25, -0.2) is 9.59 Å². The standard InChI is InChI=1S/C12H10O7/c13-9-5-8(18-7-10(9)14)6-19-12(17)4-2-1-3-11(15)16/h1-5,7,14H,6H2,(H,15,16). The summed E-state index contributed by atoms with van der Waals surface area (Å²) in [7, 11) is 0. The van der Waals surface area contributed by atoms with E-state index in [9.17, 15) is 14.4 Å². The van der Waals surface area contributed by atoms with Gasteiger partial charge in [-0.05, 0) is 0 Å². The number of hydrogen-bond donors (Lipinski definition) is 2. The van der Waals surface area contributed by atoms with Crippen LogP contribution in [0.15, 0.2) is 45.8 Å². The van der Waals surface area contributed by atoms with Crippen molar-refractivity contribution in [1.82, 2.24) is 0 Å². The molecule has 2 N–H and O–H groups in total. The van der Waals surface area contributed by atoms with Crippen LogP contribution in [0.5, 0.6) is 5.75 Å². The van der Waals surface area contributed by atoms with Crippen LogP contribution in [0.25, 0.3) is 0 Å². The number of carbonyl (C=O) groups excluding carboxylic acids is 1. The van der Waals surface area contributed by atoms with Crippen molar-refractivity contribution in [3.63, 3.8) is 0 Å². The Morgan fingerprint density at radius 1 is 1.32 bits per heavy atom. The van der Waals surface area contributed by atoms with Crippen molar-refractivity contribution < 1.29 is 29.0 Å². The van der Waals surface area contributed by atoms with Crippen LogP contribution in [-0.4, -0.2) is 22.2 Å². The third-order valence-electron chi connectivity index (χ3n) is 1.81. The fourth-order valence-corrected chi connectivity index (χ4v) is 0.982. The monoisotopic (exact) mass is 266 g/mol. The van der Waals surface area contributed by atoms with Crippen molar-refractivity contribution in [2.75, 3.05) is 0 Å². The van der Waals surface area contributed by atoms with Crippen LogP contribution in [0.4, 0.5) is 0 Å². The molecule has 7 heteroatoms. The molecular weight excluding hydrogens is 256 g/mol. The lowest BCUT2D eigenvalue weighted by atomic mass is 10.4. The fraction of sp³-hybridized carbons (Fsp3) is 0.0833. The molecule has 0 aliphatic heterocycles. The molecule has 0 radical (unpaired) electrons. The first kappa shape index (κ1) is 14.2. The number of aliphatic carboxylic acids is 1. The summed E-state index contributed by atoms with van der Waals surface area (Å²) < 4.78 is 9.51. The maximum atomic E-state index is 11.2. The zero-order valence-corrected chi connectivity index (χ0v) is 9.61. The maximum Gasteiger partial charge on any atom is 0.331 e. The number of ether oxygens (including phenoxy) is 1. The van der Waals surface area contributed by atoms with Gasteiger partial charge >= 0.3 is 11.9 Å². The van der Waals surface area contributed by atoms with Gasteiger partial charge in [-0.2, -0.15) is 0 Å². The molecule has 1 aromatic heterocycles. The van der Waals surface area contributed by atoms with Gasteiger partial charge in [0.1, 0.15) is 18.6 Å². The average molecular weight is 266 g/mol. The maximum absolute atomic E-state index is 11.2. The summed E-state index contributed by atoms with van der Waals surface area (Å²) in [5.74, 6) is -2.32. The Morgan fingerprint density at radius 2 is 2.00 bits per heavy atom. The van der Waals surface area contributed by atoms with Gasteiger partial charge in [-0.1, -0.05) is 12.2 Å². The molecule has 0 aliphatic carbocycles. The Kier molecular flexibility index (Phi) is 5.09. The first-order valence-corrected chi connectivity index (χ1v) is 5.04. The number of rotatable bonds is 5. The molecule has 0 amide bonds. The summed E-state index contributed by atoms with van der Waals surface area (Å²) in [6, 6.07) is 0.997. The molecular formula is C12H10O7. The van der Waals surface area contributed by atoms with Crippen molar-refractivity contribution >= 4 is 11.9 Å². The molecule has 0 unspecified atom stereocenters. The van der Waals surface area contributed by atoms with E-state index in [-0.39, 0.29) is 12.4 Å². The quantitative estimate of drug-likeness (QED) is 0.455. The Bertz CT molecular complexity index is 580. The highest BCUT2D eigenvalue weighted by molar-refractivity contribution is 5.83. The van der Waals surface area contributed by atoms with E-state index in [1.54, 1.807) is 0 Å². The molecule has 0 aromatic carbocycles. The third-order valence-corrected chi connectivity index (χ3v) is 1.81. The van der Waals surface area contributed by atoms with Gasteiger partial charge in [-0.15, -0.1) is 0 Å². The molecule has 19 heavy (non-hydrogen) atoms. The lowest BCUT2D eigenvalue weighted by Crippen LogP contribution is -2.04. The smallest absolute Gasteiger partial charge is 0.331 e. The number of carboxylic acid groups (broad SMARTS) is 1. The second-order valence-corrected chi connectivity index (χ2v) is 3.26. The van der Waals surface area contributed by atoms with Gasteiger partial charge in [0.25, 0.3) is 0 Å². The largest absolute Gasteiger partial charge is 0.502 e. The van der Waals surface area contributed by atoms with Gasteiger partial charge in [0.15, 0.2) is 5.75 Å². The molecule has 0 spiro atoms. The zero-order chi connectivity index (χ0) is 14.3. The molecule has 0 fully saturated rings. The topological polar surface area (TPSA) is 114 Å². The normalized spacial score (nSPS) is 10.9. The number of allylic oxidation sites excluding steroid dienone is 2. The minimum atomic E-state index is -1.14. The Labute approximate surface area is 107 Å². The van der Waals surface area contributed by atoms with Gasteiger partial charge in [-0.3, -0.25) is 4.79 Å². The second-order valence-electron chi connectivity index (χ2n) is 3.26. The highest BCUT2D eigenvalue weighted by atomic mass is 16.5. The van der Waals surface area contributed by atoms with Crippen LogP contribution in [0, 0.1) is 0 Å². The Morgan fingerprint density at radius 3 is 2.63 bits per heavy atom. The minimum absolute atomic E-state index is 0.0747. The number of aromatic hydroxyl groups is 1. The van der Waals surface area contributed by atoms with E-state index in [0.717, 1.165) is 30.6 Å². The van der Waals surface area contributed by atoms with Crippen molar-refractivity contribution in [2.45, 2.75) is 6.61 Å². The van der Waals surface area contributed by atoms with Crippen molar-refractivity contribution in [2.24, 2.45) is 0 Å². The van der Waals surface area contributed by atoms with Gasteiger partial charge < -0.3 is 19.4 Å². The lowest BCUT2D eigenvalue weighted by Gasteiger charge is -2.00. The number of carbonyl (C=O) groups is 2. The van der Waals surface area contributed by atoms with E-state index in [1.807, 2.05) is 0 Å². The summed E-state index contributed by atoms with van der Waals surface area (Å²) in [5, 5.41) is 17.2. The fourth-order valence-electron chi connectivity index (χ4n) is 0.982. The number of carboxylic acids is 1. The molecule has 1 aromatic rings. The van der Waals surface area contributed by atoms with Crippen LogP contribution >= 0.6 is 0 Å². The summed E-state index contributed by atoms with van der Waals surface area (Å²) in [6.07, 6.45) is 5.06. The molecule has 100 valence electrons. The molecule has 1 rings (SSSR count). The van der Waals surface area contributed by atoms with E-state index < -0.39 is 23.1 Å². The third kappa shape index (κ3) is 5.35. The first-order valence-electron chi connectivity index (χ1n) is 5.04. The van der Waals surface area contributed by atoms with E-state index >= 15 is 0 Å². The number of hydrogen-bond acceptors (Lipinski definition) is 6. The molecule has 0 atom stereocenters. The summed E-state index contributed by atoms with van der Waals surface area (Å²) in [6.45, 7) is -0.276. The highest BCUT2D eigenvalue weighted by Crippen LogP contribution is 2.04. The number of esters is 1. The molecule has 7 nitrogen and oxygen atoms in total. The van der Waals surface area contributed by atoms with Crippen LogP contribution in [0.2, 0.25) is 0 Å². The average Bonchev–Trinajstić information content (AvgIpc) is 2.36. The molecule has 0 saturated carbocycles. The zero-order valence-electron chi connectivity index (χ0n) is 9.61. The summed E-state index contributed by atoms with van der Waals surface area (Å²) in [4.78, 5) is 32.3. The predicted molar refractivity (Wildman–Crippen MR) is 62.4 cm³/mol. The van der Waals surface area contributed by atoms with E-state index in [4.69, 9.17) is 19.4 Å². The van der Waals surface area contributed by atoms with Crippen LogP contribution < -0.4 is 5.43 Å².